The second kappa shape index (κ2) is 8.71. The van der Waals surface area contributed by atoms with Gasteiger partial charge in [-0.1, -0.05) is 50.6 Å². The van der Waals surface area contributed by atoms with E-state index >= 15 is 0 Å². The third-order valence-electron chi connectivity index (χ3n) is 4.19. The number of benzene rings is 1. The van der Waals surface area contributed by atoms with Gasteiger partial charge in [0.05, 0.1) is 32.0 Å². The molecule has 3 rings (SSSR count). The summed E-state index contributed by atoms with van der Waals surface area (Å²) in [6.07, 6.45) is 1.97. The lowest BCUT2D eigenvalue weighted by Crippen LogP contribution is -2.29. The first-order valence-corrected chi connectivity index (χ1v) is 10.6. The molecule has 0 saturated heterocycles. The van der Waals surface area contributed by atoms with Gasteiger partial charge in [-0.2, -0.15) is 0 Å². The second-order valence-corrected chi connectivity index (χ2v) is 9.19. The minimum Gasteiger partial charge on any atom is -0.465 e. The number of thiazole rings is 1. The maximum absolute atomic E-state index is 11.7. The average Bonchev–Trinajstić information content (AvgIpc) is 3.12. The molecular formula is C21H20Cl2N4O2S. The number of rotatable bonds is 5. The zero-order valence-corrected chi connectivity index (χ0v) is 19.0. The molecule has 156 valence electrons. The van der Waals surface area contributed by atoms with Crippen molar-refractivity contribution in [2.24, 2.45) is 0 Å². The van der Waals surface area contributed by atoms with E-state index in [9.17, 15) is 9.90 Å². The van der Waals surface area contributed by atoms with Gasteiger partial charge in [-0.15, -0.1) is 17.9 Å². The number of hydrogen-bond donors (Lipinski definition) is 1. The molecule has 0 aliphatic carbocycles. The molecule has 0 spiro atoms. The molecule has 3 aromatic rings. The zero-order valence-electron chi connectivity index (χ0n) is 16.7. The lowest BCUT2D eigenvalue weighted by Gasteiger charge is -2.20. The van der Waals surface area contributed by atoms with E-state index in [4.69, 9.17) is 28.2 Å². The van der Waals surface area contributed by atoms with Crippen molar-refractivity contribution in [3.63, 3.8) is 0 Å². The Kier molecular flexibility index (Phi) is 6.45. The number of halogens is 2. The first-order chi connectivity index (χ1) is 14.1. The number of carboxylic acid groups (broad SMARTS) is 1. The number of anilines is 1. The molecule has 6 nitrogen and oxygen atoms in total. The summed E-state index contributed by atoms with van der Waals surface area (Å²) in [6.45, 7) is 9.94. The minimum absolute atomic E-state index is 0.108. The second-order valence-electron chi connectivity index (χ2n) is 7.48. The smallest absolute Gasteiger partial charge is 0.412 e. The topological polar surface area (TPSA) is 79.2 Å². The van der Waals surface area contributed by atoms with Crippen molar-refractivity contribution in [2.75, 3.05) is 11.4 Å². The summed E-state index contributed by atoms with van der Waals surface area (Å²) in [5.41, 5.74) is 2.02. The maximum Gasteiger partial charge on any atom is 0.412 e. The summed E-state index contributed by atoms with van der Waals surface area (Å²) >= 11 is 14.2. The van der Waals surface area contributed by atoms with Crippen LogP contribution in [0.3, 0.4) is 0 Å². The van der Waals surface area contributed by atoms with Gasteiger partial charge in [0.25, 0.3) is 0 Å². The summed E-state index contributed by atoms with van der Waals surface area (Å²) in [6, 6.07) is 6.98. The van der Waals surface area contributed by atoms with Crippen LogP contribution in [0.5, 0.6) is 0 Å². The lowest BCUT2D eigenvalue weighted by molar-refractivity contribution is 0.202. The number of aromatic nitrogens is 3. The van der Waals surface area contributed by atoms with Crippen molar-refractivity contribution in [3.8, 4) is 21.8 Å². The third kappa shape index (κ3) is 4.48. The van der Waals surface area contributed by atoms with E-state index < -0.39 is 6.09 Å². The Morgan fingerprint density at radius 3 is 2.60 bits per heavy atom. The maximum atomic E-state index is 11.7. The van der Waals surface area contributed by atoms with Crippen molar-refractivity contribution < 1.29 is 9.90 Å². The van der Waals surface area contributed by atoms with Gasteiger partial charge in [0.15, 0.2) is 0 Å². The summed E-state index contributed by atoms with van der Waals surface area (Å²) in [5.74, 6) is 0. The predicted octanol–water partition coefficient (Wildman–Crippen LogP) is 6.54. The fraction of sp³-hybridized carbons (Fsp3) is 0.238. The molecule has 2 heterocycles. The average molecular weight is 463 g/mol. The van der Waals surface area contributed by atoms with Crippen molar-refractivity contribution in [3.05, 3.63) is 58.4 Å². The number of nitrogens with zero attached hydrogens (tertiary/aromatic N) is 4. The predicted molar refractivity (Wildman–Crippen MR) is 123 cm³/mol. The summed E-state index contributed by atoms with van der Waals surface area (Å²) in [5, 5.41) is 10.9. The largest absolute Gasteiger partial charge is 0.465 e. The van der Waals surface area contributed by atoms with Crippen molar-refractivity contribution in [1.82, 2.24) is 15.0 Å². The van der Waals surface area contributed by atoms with Crippen molar-refractivity contribution in [2.45, 2.75) is 26.2 Å². The van der Waals surface area contributed by atoms with E-state index in [0.717, 1.165) is 14.8 Å². The van der Waals surface area contributed by atoms with Crippen LogP contribution in [0.2, 0.25) is 10.3 Å². The molecule has 0 bridgehead atoms. The van der Waals surface area contributed by atoms with E-state index in [-0.39, 0.29) is 22.3 Å². The highest BCUT2D eigenvalue weighted by Crippen LogP contribution is 2.44. The Hall–Kier alpha value is -2.48. The molecule has 1 N–H and O–H groups in total. The van der Waals surface area contributed by atoms with Gasteiger partial charge in [0, 0.05) is 23.7 Å². The lowest BCUT2D eigenvalue weighted by atomic mass is 9.98. The van der Waals surface area contributed by atoms with Gasteiger partial charge in [-0.05, 0) is 23.7 Å². The van der Waals surface area contributed by atoms with Crippen LogP contribution in [0, 0.1) is 0 Å². The Balaban J connectivity index is 2.25. The van der Waals surface area contributed by atoms with Gasteiger partial charge >= 0.3 is 6.09 Å². The molecule has 0 saturated carbocycles. The van der Waals surface area contributed by atoms with E-state index in [1.807, 2.05) is 6.07 Å². The van der Waals surface area contributed by atoms with Gasteiger partial charge in [-0.25, -0.2) is 19.7 Å². The first-order valence-electron chi connectivity index (χ1n) is 9.04. The van der Waals surface area contributed by atoms with Crippen LogP contribution < -0.4 is 4.90 Å². The Labute approximate surface area is 188 Å². The standard InChI is InChI=1S/C21H20Cl2N4O2S/c1-5-11-27(20(28)29)14-8-6-7-12(15(14)22)16-17(13-9-10-24-19(23)25-13)30-18(26-16)21(2,3)4/h5-10H,1,11H2,2-4H3,(H,28,29). The van der Waals surface area contributed by atoms with E-state index in [1.165, 1.54) is 17.4 Å². The molecule has 0 aliphatic heterocycles. The van der Waals surface area contributed by atoms with Crippen molar-refractivity contribution >= 4 is 46.3 Å². The van der Waals surface area contributed by atoms with Gasteiger partial charge in [-0.3, -0.25) is 4.90 Å². The Bertz CT molecular complexity index is 1110. The summed E-state index contributed by atoms with van der Waals surface area (Å²) in [7, 11) is 0. The van der Waals surface area contributed by atoms with Gasteiger partial charge in [0.1, 0.15) is 0 Å². The van der Waals surface area contributed by atoms with Crippen LogP contribution in [0.1, 0.15) is 25.8 Å². The van der Waals surface area contributed by atoms with Crippen LogP contribution in [0.25, 0.3) is 21.8 Å². The monoisotopic (exact) mass is 462 g/mol. The molecule has 0 radical (unpaired) electrons. The van der Waals surface area contributed by atoms with Crippen LogP contribution >= 0.6 is 34.5 Å². The van der Waals surface area contributed by atoms with E-state index in [0.29, 0.717) is 22.6 Å². The van der Waals surface area contributed by atoms with Gasteiger partial charge in [0.2, 0.25) is 5.28 Å². The molecular weight excluding hydrogens is 443 g/mol. The first kappa shape index (κ1) is 22.2. The van der Waals surface area contributed by atoms with Crippen molar-refractivity contribution in [1.29, 1.82) is 0 Å². The Morgan fingerprint density at radius 1 is 1.27 bits per heavy atom. The highest BCUT2D eigenvalue weighted by Gasteiger charge is 2.26. The van der Waals surface area contributed by atoms with Crippen LogP contribution in [-0.4, -0.2) is 32.7 Å². The van der Waals surface area contributed by atoms with Gasteiger partial charge < -0.3 is 5.11 Å². The highest BCUT2D eigenvalue weighted by molar-refractivity contribution is 7.15. The molecule has 1 amide bonds. The normalized spacial score (nSPS) is 11.4. The van der Waals surface area contributed by atoms with Crippen LogP contribution in [0.15, 0.2) is 43.1 Å². The molecule has 0 fully saturated rings. The van der Waals surface area contributed by atoms with E-state index in [2.05, 4.69) is 37.3 Å². The highest BCUT2D eigenvalue weighted by atomic mass is 35.5. The number of amides is 1. The number of carbonyl (C=O) groups is 1. The molecule has 2 aromatic heterocycles. The minimum atomic E-state index is -1.12. The Morgan fingerprint density at radius 2 is 2.00 bits per heavy atom. The molecule has 1 aromatic carbocycles. The van der Waals surface area contributed by atoms with Crippen LogP contribution in [-0.2, 0) is 5.41 Å². The molecule has 0 aliphatic rings. The zero-order chi connectivity index (χ0) is 22.1. The quantitative estimate of drug-likeness (QED) is 0.343. The fourth-order valence-corrected chi connectivity index (χ4v) is 4.35. The molecule has 0 unspecified atom stereocenters. The molecule has 30 heavy (non-hydrogen) atoms. The fourth-order valence-electron chi connectivity index (χ4n) is 2.78. The number of hydrogen-bond acceptors (Lipinski definition) is 5. The summed E-state index contributed by atoms with van der Waals surface area (Å²) < 4.78 is 0. The SMILES string of the molecule is C=CCN(C(=O)O)c1cccc(-c2nc(C(C)(C)C)sc2-c2ccnc(Cl)n2)c1Cl. The molecule has 0 atom stereocenters. The van der Waals surface area contributed by atoms with E-state index in [1.54, 1.807) is 24.4 Å². The third-order valence-corrected chi connectivity index (χ3v) is 6.28. The summed E-state index contributed by atoms with van der Waals surface area (Å²) in [4.78, 5) is 26.8. The molecule has 9 heteroatoms. The van der Waals surface area contributed by atoms with Crippen LogP contribution in [0.4, 0.5) is 10.5 Å².